The maximum absolute atomic E-state index is 12.3. The Hall–Kier alpha value is -1.32. The molecule has 4 heteroatoms. The zero-order chi connectivity index (χ0) is 13.7. The molecule has 1 saturated carbocycles. The molecular weight excluding hydrogens is 242 g/mol. The lowest BCUT2D eigenvalue weighted by atomic mass is 9.78. The van der Waals surface area contributed by atoms with Crippen molar-refractivity contribution < 1.29 is 14.7 Å². The first-order valence-corrected chi connectivity index (χ1v) is 7.30. The second-order valence-corrected chi connectivity index (χ2v) is 5.88. The summed E-state index contributed by atoms with van der Waals surface area (Å²) in [5, 5.41) is 12.2. The number of amides is 1. The molecule has 19 heavy (non-hydrogen) atoms. The van der Waals surface area contributed by atoms with Crippen LogP contribution in [0.4, 0.5) is 0 Å². The fraction of sp³-hybridized carbons (Fsp3) is 0.733. The molecule has 2 aliphatic carbocycles. The summed E-state index contributed by atoms with van der Waals surface area (Å²) in [4.78, 5) is 23.4. The van der Waals surface area contributed by atoms with Crippen LogP contribution >= 0.6 is 0 Å². The summed E-state index contributed by atoms with van der Waals surface area (Å²) >= 11 is 0. The van der Waals surface area contributed by atoms with Crippen molar-refractivity contribution in [3.05, 3.63) is 12.2 Å². The summed E-state index contributed by atoms with van der Waals surface area (Å²) in [5.41, 5.74) is -0.498. The van der Waals surface area contributed by atoms with Crippen LogP contribution in [0.25, 0.3) is 0 Å². The van der Waals surface area contributed by atoms with Gasteiger partial charge in [0.1, 0.15) is 0 Å². The summed E-state index contributed by atoms with van der Waals surface area (Å²) < 4.78 is 0. The van der Waals surface area contributed by atoms with Gasteiger partial charge in [-0.25, -0.2) is 0 Å². The highest BCUT2D eigenvalue weighted by atomic mass is 16.4. The van der Waals surface area contributed by atoms with Gasteiger partial charge in [0.05, 0.1) is 12.0 Å². The minimum absolute atomic E-state index is 0.0256. The van der Waals surface area contributed by atoms with Crippen molar-refractivity contribution in [1.29, 1.82) is 0 Å². The van der Waals surface area contributed by atoms with Gasteiger partial charge in [-0.3, -0.25) is 9.59 Å². The highest BCUT2D eigenvalue weighted by Crippen LogP contribution is 2.32. The molecule has 0 aliphatic heterocycles. The number of allylic oxidation sites excluding steroid dienone is 2. The monoisotopic (exact) mass is 265 g/mol. The third-order valence-corrected chi connectivity index (χ3v) is 4.33. The predicted octanol–water partition coefficient (Wildman–Crippen LogP) is 2.64. The molecule has 0 spiro atoms. The number of rotatable bonds is 4. The van der Waals surface area contributed by atoms with Gasteiger partial charge in [0.15, 0.2) is 0 Å². The molecule has 0 heterocycles. The molecule has 2 N–H and O–H groups in total. The number of carboxylic acids is 1. The van der Waals surface area contributed by atoms with Gasteiger partial charge in [0, 0.05) is 5.92 Å². The normalized spacial score (nSPS) is 25.8. The van der Waals surface area contributed by atoms with Gasteiger partial charge in [-0.15, -0.1) is 0 Å². The lowest BCUT2D eigenvalue weighted by Crippen LogP contribution is -2.52. The zero-order valence-electron chi connectivity index (χ0n) is 11.4. The lowest BCUT2D eigenvalue weighted by Gasteiger charge is -2.38. The van der Waals surface area contributed by atoms with E-state index in [1.54, 1.807) is 0 Å². The van der Waals surface area contributed by atoms with Crippen molar-refractivity contribution in [2.45, 2.75) is 63.3 Å². The molecule has 1 fully saturated rings. The smallest absolute Gasteiger partial charge is 0.305 e. The van der Waals surface area contributed by atoms with Crippen molar-refractivity contribution in [3.8, 4) is 0 Å². The standard InChI is InChI=1S/C15H23NO3/c17-13(18)11-15(9-5-2-6-10-15)16-14(19)12-7-3-1-4-8-12/h1,3,12H,2,4-11H2,(H,16,19)(H,17,18)/t12-/m0/s1. The van der Waals surface area contributed by atoms with Crippen molar-refractivity contribution in [2.24, 2.45) is 5.92 Å². The predicted molar refractivity (Wildman–Crippen MR) is 72.7 cm³/mol. The van der Waals surface area contributed by atoms with E-state index in [1.165, 1.54) is 0 Å². The zero-order valence-corrected chi connectivity index (χ0v) is 11.4. The summed E-state index contributed by atoms with van der Waals surface area (Å²) in [6.45, 7) is 0. The van der Waals surface area contributed by atoms with Gasteiger partial charge < -0.3 is 10.4 Å². The van der Waals surface area contributed by atoms with Gasteiger partial charge in [-0.05, 0) is 32.1 Å². The topological polar surface area (TPSA) is 66.4 Å². The summed E-state index contributed by atoms with van der Waals surface area (Å²) in [6.07, 6.45) is 11.6. The Labute approximate surface area is 114 Å². The van der Waals surface area contributed by atoms with E-state index in [-0.39, 0.29) is 18.2 Å². The van der Waals surface area contributed by atoms with Crippen LogP contribution < -0.4 is 5.32 Å². The maximum Gasteiger partial charge on any atom is 0.305 e. The highest BCUT2D eigenvalue weighted by molar-refractivity contribution is 5.81. The van der Waals surface area contributed by atoms with Crippen molar-refractivity contribution in [2.75, 3.05) is 0 Å². The second-order valence-electron chi connectivity index (χ2n) is 5.88. The molecule has 0 aromatic rings. The molecule has 0 radical (unpaired) electrons. The van der Waals surface area contributed by atoms with E-state index in [9.17, 15) is 9.59 Å². The first-order valence-electron chi connectivity index (χ1n) is 7.30. The van der Waals surface area contributed by atoms with E-state index in [1.807, 2.05) is 0 Å². The molecule has 106 valence electrons. The van der Waals surface area contributed by atoms with E-state index in [0.29, 0.717) is 0 Å². The van der Waals surface area contributed by atoms with Gasteiger partial charge in [0.2, 0.25) is 5.91 Å². The molecule has 4 nitrogen and oxygen atoms in total. The number of hydrogen-bond acceptors (Lipinski definition) is 2. The average molecular weight is 265 g/mol. The SMILES string of the molecule is O=C(O)CC1(NC(=O)[C@H]2CC=CCC2)CCCCC1. The summed E-state index contributed by atoms with van der Waals surface area (Å²) in [5.74, 6) is -0.740. The number of carboxylic acid groups (broad SMARTS) is 1. The van der Waals surface area contributed by atoms with Gasteiger partial charge in [-0.1, -0.05) is 31.4 Å². The molecule has 0 unspecified atom stereocenters. The maximum atomic E-state index is 12.3. The fourth-order valence-corrected chi connectivity index (χ4v) is 3.26. The molecule has 0 aromatic heterocycles. The van der Waals surface area contributed by atoms with Crippen LogP contribution in [-0.4, -0.2) is 22.5 Å². The van der Waals surface area contributed by atoms with E-state index in [0.717, 1.165) is 51.4 Å². The number of carbonyl (C=O) groups excluding carboxylic acids is 1. The third kappa shape index (κ3) is 3.82. The molecule has 0 saturated heterocycles. The minimum Gasteiger partial charge on any atom is -0.481 e. The number of aliphatic carboxylic acids is 1. The minimum atomic E-state index is -0.814. The van der Waals surface area contributed by atoms with Crippen LogP contribution in [0.5, 0.6) is 0 Å². The summed E-state index contributed by atoms with van der Waals surface area (Å²) in [7, 11) is 0. The molecule has 0 aromatic carbocycles. The van der Waals surface area contributed by atoms with Crippen LogP contribution in [0.2, 0.25) is 0 Å². The molecule has 2 rings (SSSR count). The van der Waals surface area contributed by atoms with Gasteiger partial charge in [0.25, 0.3) is 0 Å². The van der Waals surface area contributed by atoms with E-state index in [2.05, 4.69) is 17.5 Å². The summed E-state index contributed by atoms with van der Waals surface area (Å²) in [6, 6.07) is 0. The van der Waals surface area contributed by atoms with Gasteiger partial charge >= 0.3 is 5.97 Å². The van der Waals surface area contributed by atoms with Crippen molar-refractivity contribution in [3.63, 3.8) is 0 Å². The first-order chi connectivity index (χ1) is 9.11. The number of carbonyl (C=O) groups is 2. The van der Waals surface area contributed by atoms with Crippen molar-refractivity contribution in [1.82, 2.24) is 5.32 Å². The Bertz CT molecular complexity index is 370. The van der Waals surface area contributed by atoms with Crippen LogP contribution in [0.3, 0.4) is 0 Å². The van der Waals surface area contributed by atoms with Crippen LogP contribution in [-0.2, 0) is 9.59 Å². The Morgan fingerprint density at radius 2 is 1.95 bits per heavy atom. The fourth-order valence-electron chi connectivity index (χ4n) is 3.26. The lowest BCUT2D eigenvalue weighted by molar-refractivity contribution is -0.140. The molecule has 2 aliphatic rings. The quantitative estimate of drug-likeness (QED) is 0.768. The third-order valence-electron chi connectivity index (χ3n) is 4.33. The van der Waals surface area contributed by atoms with E-state index < -0.39 is 11.5 Å². The van der Waals surface area contributed by atoms with E-state index >= 15 is 0 Å². The van der Waals surface area contributed by atoms with E-state index in [4.69, 9.17) is 5.11 Å². The Kier molecular flexibility index (Phi) is 4.61. The van der Waals surface area contributed by atoms with Gasteiger partial charge in [-0.2, -0.15) is 0 Å². The van der Waals surface area contributed by atoms with Crippen LogP contribution in [0.1, 0.15) is 57.8 Å². The van der Waals surface area contributed by atoms with Crippen LogP contribution in [0.15, 0.2) is 12.2 Å². The first kappa shape index (κ1) is 14.1. The number of nitrogens with one attached hydrogen (secondary N) is 1. The Balaban J connectivity index is 2.00. The van der Waals surface area contributed by atoms with Crippen LogP contribution in [0, 0.1) is 5.92 Å². The number of hydrogen-bond donors (Lipinski definition) is 2. The van der Waals surface area contributed by atoms with Crippen molar-refractivity contribution >= 4 is 11.9 Å². The highest BCUT2D eigenvalue weighted by Gasteiger charge is 2.37. The molecule has 1 amide bonds. The Morgan fingerprint density at radius 3 is 2.53 bits per heavy atom. The molecule has 1 atom stereocenters. The average Bonchev–Trinajstić information content (AvgIpc) is 2.39. The molecular formula is C15H23NO3. The molecule has 0 bridgehead atoms. The Morgan fingerprint density at radius 1 is 1.21 bits per heavy atom. The second kappa shape index (κ2) is 6.22. The largest absolute Gasteiger partial charge is 0.481 e.